The summed E-state index contributed by atoms with van der Waals surface area (Å²) in [4.78, 5) is 26.5. The maximum atomic E-state index is 12.9. The quantitative estimate of drug-likeness (QED) is 0.285. The number of thioether (sulfide) groups is 1. The topological polar surface area (TPSA) is 86.1 Å². The Morgan fingerprint density at radius 3 is 2.79 bits per heavy atom. The lowest BCUT2D eigenvalue weighted by molar-refractivity contribution is -0.113. The Morgan fingerprint density at radius 1 is 1.26 bits per heavy atom. The Labute approximate surface area is 209 Å². The number of nitrogens with zero attached hydrogens (tertiary/aromatic N) is 3. The minimum atomic E-state index is -0.381. The maximum absolute atomic E-state index is 12.9. The van der Waals surface area contributed by atoms with E-state index in [1.807, 2.05) is 6.08 Å². The molecule has 0 radical (unpaired) electrons. The molecule has 4 rings (SSSR count). The number of thiophene rings is 1. The van der Waals surface area contributed by atoms with Crippen LogP contribution in [0.2, 0.25) is 0 Å². The molecule has 0 aromatic carbocycles. The lowest BCUT2D eigenvalue weighted by Gasteiger charge is -2.21. The molecule has 2 aliphatic carbocycles. The van der Waals surface area contributed by atoms with Crippen LogP contribution < -0.4 is 5.32 Å². The molecule has 1 saturated carbocycles. The van der Waals surface area contributed by atoms with Gasteiger partial charge in [-0.1, -0.05) is 56.9 Å². The fourth-order valence-electron chi connectivity index (χ4n) is 4.99. The second kappa shape index (κ2) is 11.5. The van der Waals surface area contributed by atoms with Crippen molar-refractivity contribution < 1.29 is 14.3 Å². The van der Waals surface area contributed by atoms with E-state index >= 15 is 0 Å². The predicted octanol–water partition coefficient (Wildman–Crippen LogP) is 5.29. The minimum absolute atomic E-state index is 0.163. The van der Waals surface area contributed by atoms with Gasteiger partial charge in [0.2, 0.25) is 5.91 Å². The lowest BCUT2D eigenvalue weighted by Crippen LogP contribution is -2.17. The highest BCUT2D eigenvalue weighted by atomic mass is 32.2. The number of anilines is 1. The molecule has 2 aromatic heterocycles. The number of aromatic nitrogens is 3. The van der Waals surface area contributed by atoms with E-state index in [1.165, 1.54) is 67.2 Å². The van der Waals surface area contributed by atoms with Gasteiger partial charge in [0, 0.05) is 17.8 Å². The third kappa shape index (κ3) is 5.74. The normalized spacial score (nSPS) is 18.4. The van der Waals surface area contributed by atoms with Gasteiger partial charge in [-0.15, -0.1) is 28.1 Å². The summed E-state index contributed by atoms with van der Waals surface area (Å²) in [6.07, 6.45) is 12.0. The van der Waals surface area contributed by atoms with Crippen LogP contribution in [0.4, 0.5) is 5.00 Å². The fourth-order valence-corrected chi connectivity index (χ4v) is 7.17. The molecule has 7 nitrogen and oxygen atoms in total. The van der Waals surface area contributed by atoms with E-state index in [1.54, 1.807) is 0 Å². The second-order valence-electron chi connectivity index (χ2n) is 9.39. The van der Waals surface area contributed by atoms with Crippen LogP contribution in [0.15, 0.2) is 17.8 Å². The standard InChI is InChI=1S/C25H34N4O3S2/c1-4-12-29-20(14-17-8-6-5-7-9-17)27-28-25(29)33-15-21(30)26-23-22(24(31)32-3)18-11-10-16(2)13-19(18)34-23/h4,16-17H,1,5-15H2,2-3H3,(H,26,30). The van der Waals surface area contributed by atoms with Gasteiger partial charge in [-0.2, -0.15) is 0 Å². The molecule has 34 heavy (non-hydrogen) atoms. The highest BCUT2D eigenvalue weighted by Gasteiger charge is 2.29. The summed E-state index contributed by atoms with van der Waals surface area (Å²) in [6, 6.07) is 0. The summed E-state index contributed by atoms with van der Waals surface area (Å²) in [5.74, 6) is 1.86. The fraction of sp³-hybridized carbons (Fsp3) is 0.600. The number of hydrogen-bond donors (Lipinski definition) is 1. The van der Waals surface area contributed by atoms with Crippen molar-refractivity contribution in [1.29, 1.82) is 0 Å². The number of nitrogens with one attached hydrogen (secondary N) is 1. The van der Waals surface area contributed by atoms with Gasteiger partial charge in [0.1, 0.15) is 10.8 Å². The first-order chi connectivity index (χ1) is 16.5. The van der Waals surface area contributed by atoms with Gasteiger partial charge in [0.05, 0.1) is 18.4 Å². The zero-order chi connectivity index (χ0) is 24.1. The third-order valence-corrected chi connectivity index (χ3v) is 8.92. The first kappa shape index (κ1) is 25.0. The summed E-state index contributed by atoms with van der Waals surface area (Å²) in [7, 11) is 1.39. The molecule has 9 heteroatoms. The number of hydrogen-bond acceptors (Lipinski definition) is 7. The van der Waals surface area contributed by atoms with Gasteiger partial charge in [-0.05, 0) is 36.7 Å². The largest absolute Gasteiger partial charge is 0.465 e. The summed E-state index contributed by atoms with van der Waals surface area (Å²) in [5.41, 5.74) is 1.56. The molecule has 1 N–H and O–H groups in total. The van der Waals surface area contributed by atoms with Crippen LogP contribution in [0.5, 0.6) is 0 Å². The predicted molar refractivity (Wildman–Crippen MR) is 137 cm³/mol. The molecule has 2 aromatic rings. The van der Waals surface area contributed by atoms with E-state index in [4.69, 9.17) is 4.74 Å². The van der Waals surface area contributed by atoms with Crippen LogP contribution in [0, 0.1) is 11.8 Å². The molecule has 0 saturated heterocycles. The van der Waals surface area contributed by atoms with Gasteiger partial charge in [-0.3, -0.25) is 4.79 Å². The van der Waals surface area contributed by atoms with Crippen LogP contribution >= 0.6 is 23.1 Å². The summed E-state index contributed by atoms with van der Waals surface area (Å²) in [6.45, 7) is 6.73. The van der Waals surface area contributed by atoms with Crippen molar-refractivity contribution in [2.24, 2.45) is 11.8 Å². The Hall–Kier alpha value is -2.13. The smallest absolute Gasteiger partial charge is 0.341 e. The highest BCUT2D eigenvalue weighted by molar-refractivity contribution is 7.99. The maximum Gasteiger partial charge on any atom is 0.341 e. The summed E-state index contributed by atoms with van der Waals surface area (Å²) >= 11 is 2.88. The number of allylic oxidation sites excluding steroid dienone is 1. The number of esters is 1. The number of carbonyl (C=O) groups is 2. The molecule has 2 aliphatic rings. The van der Waals surface area contributed by atoms with Crippen molar-refractivity contribution >= 4 is 40.0 Å². The van der Waals surface area contributed by atoms with E-state index in [9.17, 15) is 9.59 Å². The molecular weight excluding hydrogens is 468 g/mol. The molecule has 1 atom stereocenters. The van der Waals surface area contributed by atoms with Gasteiger partial charge in [0.25, 0.3) is 0 Å². The third-order valence-electron chi connectivity index (χ3n) is 6.79. The molecular formula is C25H34N4O3S2. The Balaban J connectivity index is 1.43. The van der Waals surface area contributed by atoms with Crippen molar-refractivity contribution in [2.45, 2.75) is 76.4 Å². The van der Waals surface area contributed by atoms with Crippen LogP contribution in [0.3, 0.4) is 0 Å². The van der Waals surface area contributed by atoms with Crippen LogP contribution in [0.1, 0.15) is 72.1 Å². The molecule has 0 spiro atoms. The van der Waals surface area contributed by atoms with Crippen LogP contribution in [-0.2, 0) is 35.3 Å². The van der Waals surface area contributed by atoms with E-state index < -0.39 is 0 Å². The van der Waals surface area contributed by atoms with Gasteiger partial charge in [0.15, 0.2) is 5.16 Å². The van der Waals surface area contributed by atoms with Crippen molar-refractivity contribution in [3.8, 4) is 0 Å². The van der Waals surface area contributed by atoms with E-state index in [0.717, 1.165) is 42.2 Å². The molecule has 2 heterocycles. The number of amides is 1. The monoisotopic (exact) mass is 502 g/mol. The molecule has 0 bridgehead atoms. The number of methoxy groups -OCH3 is 1. The second-order valence-corrected chi connectivity index (χ2v) is 11.4. The van der Waals surface area contributed by atoms with Crippen LogP contribution in [0.25, 0.3) is 0 Å². The number of rotatable bonds is 9. The van der Waals surface area contributed by atoms with E-state index in [-0.39, 0.29) is 17.6 Å². The SMILES string of the molecule is C=CCn1c(CC2CCCCC2)nnc1SCC(=O)Nc1sc2c(c1C(=O)OC)CCC(C)C2. The summed E-state index contributed by atoms with van der Waals surface area (Å²) < 4.78 is 7.10. The Bertz CT molecular complexity index is 1040. The first-order valence-corrected chi connectivity index (χ1v) is 14.0. The molecule has 184 valence electrons. The molecule has 1 fully saturated rings. The van der Waals surface area contributed by atoms with Gasteiger partial charge in [-0.25, -0.2) is 4.79 Å². The Morgan fingerprint density at radius 2 is 2.06 bits per heavy atom. The van der Waals surface area contributed by atoms with Crippen molar-refractivity contribution in [3.05, 3.63) is 34.5 Å². The molecule has 1 amide bonds. The van der Waals surface area contributed by atoms with E-state index in [2.05, 4.69) is 33.6 Å². The van der Waals surface area contributed by atoms with Crippen molar-refractivity contribution in [2.75, 3.05) is 18.2 Å². The highest BCUT2D eigenvalue weighted by Crippen LogP contribution is 2.40. The van der Waals surface area contributed by atoms with Crippen molar-refractivity contribution in [1.82, 2.24) is 14.8 Å². The Kier molecular flexibility index (Phi) is 8.47. The van der Waals surface area contributed by atoms with Crippen molar-refractivity contribution in [3.63, 3.8) is 0 Å². The van der Waals surface area contributed by atoms with Crippen LogP contribution in [-0.4, -0.2) is 39.5 Å². The molecule has 1 unspecified atom stereocenters. The zero-order valence-corrected chi connectivity index (χ0v) is 21.7. The average molecular weight is 503 g/mol. The zero-order valence-electron chi connectivity index (χ0n) is 20.1. The van der Waals surface area contributed by atoms with Gasteiger partial charge >= 0.3 is 5.97 Å². The minimum Gasteiger partial charge on any atom is -0.465 e. The molecule has 0 aliphatic heterocycles. The van der Waals surface area contributed by atoms with E-state index in [0.29, 0.717) is 28.9 Å². The number of fused-ring (bicyclic) bond motifs is 1. The summed E-state index contributed by atoms with van der Waals surface area (Å²) in [5, 5.41) is 13.1. The number of carbonyl (C=O) groups excluding carboxylic acids is 2. The number of ether oxygens (including phenoxy) is 1. The lowest BCUT2D eigenvalue weighted by atomic mass is 9.87. The average Bonchev–Trinajstić information content (AvgIpc) is 3.38. The van der Waals surface area contributed by atoms with Gasteiger partial charge < -0.3 is 14.6 Å². The first-order valence-electron chi connectivity index (χ1n) is 12.2.